The van der Waals surface area contributed by atoms with Crippen LogP contribution >= 0.6 is 0 Å². The molecule has 3 aliphatic rings. The van der Waals surface area contributed by atoms with Gasteiger partial charge in [-0.15, -0.1) is 0 Å². The first-order valence-electron chi connectivity index (χ1n) is 15.2. The normalized spacial score (nSPS) is 20.6. The van der Waals surface area contributed by atoms with Crippen LogP contribution in [-0.4, -0.2) is 102 Å². The zero-order valence-electron chi connectivity index (χ0n) is 26.7. The molecule has 2 saturated heterocycles. The number of ether oxygens (including phenoxy) is 1. The number of β-amino-alcohol motifs (C(OH)–C–C–N with tert-alkyl or cyclic N) is 1. The minimum absolute atomic E-state index is 0.0177. The SMILES string of the molecule is Cc1cc(C(F)(F)F)c(C#N)c(N[C@H]2CCN(CC(O)CN3CC4(C3)CN(C(=O)OC(C)(C)C)C4)c3ccccc3N(C)C2=O)n1. The van der Waals surface area contributed by atoms with Crippen LogP contribution in [0.3, 0.4) is 0 Å². The van der Waals surface area contributed by atoms with Crippen molar-refractivity contribution in [3.63, 3.8) is 0 Å². The second-order valence-electron chi connectivity index (χ2n) is 13.6. The molecular weight excluding hydrogens is 603 g/mol. The van der Waals surface area contributed by atoms with Crippen molar-refractivity contribution >= 4 is 29.2 Å². The van der Waals surface area contributed by atoms with Gasteiger partial charge in [0, 0.05) is 64.0 Å². The van der Waals surface area contributed by atoms with Gasteiger partial charge in [0.2, 0.25) is 5.91 Å². The highest BCUT2D eigenvalue weighted by molar-refractivity contribution is 6.01. The number of pyridine rings is 1. The Morgan fingerprint density at radius 3 is 2.43 bits per heavy atom. The van der Waals surface area contributed by atoms with E-state index >= 15 is 0 Å². The van der Waals surface area contributed by atoms with Gasteiger partial charge in [-0.25, -0.2) is 9.78 Å². The number of nitriles is 1. The Balaban J connectivity index is 1.26. The molecule has 14 heteroatoms. The smallest absolute Gasteiger partial charge is 0.417 e. The molecule has 1 spiro atoms. The summed E-state index contributed by atoms with van der Waals surface area (Å²) in [5.41, 5.74) is -0.929. The summed E-state index contributed by atoms with van der Waals surface area (Å²) in [6.45, 7) is 10.6. The highest BCUT2D eigenvalue weighted by Crippen LogP contribution is 2.41. The first-order valence-corrected chi connectivity index (χ1v) is 15.2. The molecule has 2 N–H and O–H groups in total. The summed E-state index contributed by atoms with van der Waals surface area (Å²) < 4.78 is 46.6. The van der Waals surface area contributed by atoms with E-state index in [9.17, 15) is 33.1 Å². The molecule has 46 heavy (non-hydrogen) atoms. The van der Waals surface area contributed by atoms with E-state index in [1.165, 1.54) is 11.8 Å². The summed E-state index contributed by atoms with van der Waals surface area (Å²) in [7, 11) is 1.59. The summed E-state index contributed by atoms with van der Waals surface area (Å²) in [6.07, 6.45) is -5.64. The Labute approximate surface area is 266 Å². The fraction of sp³-hybridized carbons (Fsp3) is 0.562. The van der Waals surface area contributed by atoms with Crippen LogP contribution in [-0.2, 0) is 15.7 Å². The molecule has 1 aromatic carbocycles. The Morgan fingerprint density at radius 1 is 1.17 bits per heavy atom. The number of nitrogens with zero attached hydrogens (tertiary/aromatic N) is 6. The lowest BCUT2D eigenvalue weighted by Crippen LogP contribution is -2.73. The number of carbonyl (C=O) groups excluding carboxylic acids is 2. The molecule has 2 atom stereocenters. The average molecular weight is 644 g/mol. The lowest BCUT2D eigenvalue weighted by molar-refractivity contribution is -0.137. The van der Waals surface area contributed by atoms with E-state index in [1.807, 2.05) is 37.8 Å². The number of likely N-dealkylation sites (N-methyl/N-ethyl adjacent to an activating group) is 1. The van der Waals surface area contributed by atoms with Gasteiger partial charge in [-0.2, -0.15) is 18.4 Å². The number of aliphatic hydroxyl groups is 1. The van der Waals surface area contributed by atoms with Crippen LogP contribution in [0.4, 0.5) is 35.2 Å². The fourth-order valence-corrected chi connectivity index (χ4v) is 6.56. The number of nitrogens with one attached hydrogen (secondary N) is 1. The molecule has 4 heterocycles. The summed E-state index contributed by atoms with van der Waals surface area (Å²) in [5.74, 6) is -0.685. The third kappa shape index (κ3) is 7.00. The Kier molecular flexibility index (Phi) is 8.87. The predicted octanol–water partition coefficient (Wildman–Crippen LogP) is 3.85. The molecule has 1 unspecified atom stereocenters. The number of hydrogen-bond donors (Lipinski definition) is 2. The summed E-state index contributed by atoms with van der Waals surface area (Å²) in [6, 6.07) is 8.70. The third-order valence-corrected chi connectivity index (χ3v) is 8.50. The maximum absolute atomic E-state index is 13.7. The number of benzene rings is 1. The number of likely N-dealkylation sites (tertiary alicyclic amines) is 2. The second kappa shape index (κ2) is 12.3. The number of carbonyl (C=O) groups is 2. The first kappa shape index (κ1) is 33.3. The Bertz CT molecular complexity index is 1520. The van der Waals surface area contributed by atoms with Crippen LogP contribution < -0.4 is 15.1 Å². The van der Waals surface area contributed by atoms with Gasteiger partial charge in [-0.3, -0.25) is 9.69 Å². The molecule has 0 bridgehead atoms. The quantitative estimate of drug-likeness (QED) is 0.483. The number of rotatable bonds is 6. The van der Waals surface area contributed by atoms with Crippen LogP contribution in [0.1, 0.15) is 44.0 Å². The van der Waals surface area contributed by atoms with Gasteiger partial charge < -0.3 is 29.9 Å². The van der Waals surface area contributed by atoms with Gasteiger partial charge in [-0.1, -0.05) is 12.1 Å². The molecule has 2 fully saturated rings. The number of hydrogen-bond acceptors (Lipinski definition) is 9. The molecule has 0 saturated carbocycles. The highest BCUT2D eigenvalue weighted by atomic mass is 19.4. The van der Waals surface area contributed by atoms with Crippen LogP contribution in [0, 0.1) is 23.7 Å². The highest BCUT2D eigenvalue weighted by Gasteiger charge is 2.54. The number of para-hydroxylation sites is 2. The number of amides is 2. The maximum Gasteiger partial charge on any atom is 0.417 e. The number of aromatic nitrogens is 1. The Morgan fingerprint density at radius 2 is 1.83 bits per heavy atom. The molecule has 3 aliphatic heterocycles. The third-order valence-electron chi connectivity index (χ3n) is 8.50. The van der Waals surface area contributed by atoms with Crippen LogP contribution in [0.2, 0.25) is 0 Å². The fourth-order valence-electron chi connectivity index (χ4n) is 6.56. The lowest BCUT2D eigenvalue weighted by Gasteiger charge is -2.60. The van der Waals surface area contributed by atoms with Gasteiger partial charge >= 0.3 is 12.3 Å². The lowest BCUT2D eigenvalue weighted by atomic mass is 9.73. The van der Waals surface area contributed by atoms with Crippen molar-refractivity contribution in [1.82, 2.24) is 14.8 Å². The van der Waals surface area contributed by atoms with Crippen molar-refractivity contribution in [2.75, 3.05) is 68.0 Å². The van der Waals surface area contributed by atoms with Crippen LogP contribution in [0.25, 0.3) is 0 Å². The van der Waals surface area contributed by atoms with E-state index in [0.29, 0.717) is 31.9 Å². The monoisotopic (exact) mass is 643 g/mol. The van der Waals surface area contributed by atoms with Crippen molar-refractivity contribution in [3.8, 4) is 6.07 Å². The molecule has 248 valence electrons. The van der Waals surface area contributed by atoms with E-state index in [2.05, 4.69) is 15.2 Å². The topological polar surface area (TPSA) is 125 Å². The van der Waals surface area contributed by atoms with E-state index < -0.39 is 35.1 Å². The summed E-state index contributed by atoms with van der Waals surface area (Å²) in [4.78, 5) is 37.3. The van der Waals surface area contributed by atoms with E-state index in [-0.39, 0.29) is 41.9 Å². The molecule has 11 nitrogen and oxygen atoms in total. The number of anilines is 3. The molecular formula is C32H40F3N7O4. The molecule has 0 radical (unpaired) electrons. The van der Waals surface area contributed by atoms with Crippen molar-refractivity contribution in [2.24, 2.45) is 5.41 Å². The van der Waals surface area contributed by atoms with Gasteiger partial charge in [-0.05, 0) is 52.3 Å². The van der Waals surface area contributed by atoms with Gasteiger partial charge in [0.25, 0.3) is 0 Å². The number of aliphatic hydroxyl groups excluding tert-OH is 1. The second-order valence-corrected chi connectivity index (χ2v) is 13.6. The minimum Gasteiger partial charge on any atom is -0.444 e. The number of aryl methyl sites for hydroxylation is 1. The van der Waals surface area contributed by atoms with E-state index in [4.69, 9.17) is 4.74 Å². The average Bonchev–Trinajstić information content (AvgIpc) is 2.91. The molecule has 2 amide bonds. The maximum atomic E-state index is 13.7. The summed E-state index contributed by atoms with van der Waals surface area (Å²) >= 11 is 0. The molecule has 5 rings (SSSR count). The zero-order valence-corrected chi connectivity index (χ0v) is 26.7. The van der Waals surface area contributed by atoms with Crippen molar-refractivity contribution < 1.29 is 32.6 Å². The standard InChI is InChI=1S/C32H40F3N7O4/c1-20-12-23(32(33,34)35)22(13-36)27(37-20)38-24-10-11-41(26-9-7-6-8-25(26)39(5)28(24)44)15-21(43)14-40-16-31(17-40)18-42(19-31)29(45)46-30(2,3)4/h6-9,12,21,24,43H,10-11,14-19H2,1-5H3,(H,37,38)/t21?,24-/m0/s1. The molecule has 1 aromatic heterocycles. The first-order chi connectivity index (χ1) is 21.5. The summed E-state index contributed by atoms with van der Waals surface area (Å²) in [5, 5.41) is 23.6. The van der Waals surface area contributed by atoms with Crippen LogP contribution in [0.5, 0.6) is 0 Å². The van der Waals surface area contributed by atoms with Crippen molar-refractivity contribution in [1.29, 1.82) is 5.26 Å². The number of fused-ring (bicyclic) bond motifs is 1. The molecule has 2 aromatic rings. The number of halogens is 3. The molecule has 0 aliphatic carbocycles. The largest absolute Gasteiger partial charge is 0.444 e. The van der Waals surface area contributed by atoms with Gasteiger partial charge in [0.15, 0.2) is 0 Å². The van der Waals surface area contributed by atoms with E-state index in [1.54, 1.807) is 30.1 Å². The Hall–Kier alpha value is -4.09. The zero-order chi connectivity index (χ0) is 33.6. The minimum atomic E-state index is -4.77. The van der Waals surface area contributed by atoms with Crippen molar-refractivity contribution in [2.45, 2.75) is 58.0 Å². The van der Waals surface area contributed by atoms with Crippen LogP contribution in [0.15, 0.2) is 30.3 Å². The van der Waals surface area contributed by atoms with Gasteiger partial charge in [0.05, 0.1) is 23.0 Å². The van der Waals surface area contributed by atoms with Gasteiger partial charge in [0.1, 0.15) is 29.1 Å². The van der Waals surface area contributed by atoms with E-state index in [0.717, 1.165) is 24.8 Å². The van der Waals surface area contributed by atoms with Crippen molar-refractivity contribution in [3.05, 3.63) is 47.2 Å². The number of alkyl halides is 3. The predicted molar refractivity (Wildman–Crippen MR) is 165 cm³/mol.